The zero-order valence-corrected chi connectivity index (χ0v) is 26.5. The van der Waals surface area contributed by atoms with E-state index in [-0.39, 0.29) is 62.0 Å². The number of nitrogens with zero attached hydrogens (tertiary/aromatic N) is 7. The third-order valence-corrected chi connectivity index (χ3v) is 7.28. The van der Waals surface area contributed by atoms with Crippen molar-refractivity contribution >= 4 is 23.9 Å². The molecular formula is C35H31N7O8. The van der Waals surface area contributed by atoms with Gasteiger partial charge in [0.15, 0.2) is 0 Å². The monoisotopic (exact) mass is 677 g/mol. The van der Waals surface area contributed by atoms with Gasteiger partial charge < -0.3 is 20.4 Å². The minimum atomic E-state index is -1.16. The van der Waals surface area contributed by atoms with Crippen LogP contribution in [0.1, 0.15) is 76.1 Å². The summed E-state index contributed by atoms with van der Waals surface area (Å²) in [5, 5.41) is 37.8. The molecule has 0 amide bonds. The standard InChI is InChI=1S/C35H31N7O8/c43-32(44)28-12-2-8-24(37-28)18-41(19-25-9-3-13-29(38-25)33(45)46)16-22-6-1-7-23(36-22)17-42(20-26-10-4-14-30(39-26)34(47)48)21-27-11-5-15-31(40-27)35(49)50/h1-15H,16-21H2,(H,43,44)(H,45,46)(H,47,48)(H,49,50). The van der Waals surface area contributed by atoms with Crippen LogP contribution in [-0.4, -0.2) is 79.0 Å². The predicted octanol–water partition coefficient (Wildman–Crippen LogP) is 3.86. The Labute approximate surface area is 285 Å². The third kappa shape index (κ3) is 9.79. The average Bonchev–Trinajstić information content (AvgIpc) is 3.09. The van der Waals surface area contributed by atoms with Gasteiger partial charge in [-0.25, -0.2) is 39.1 Å². The number of aromatic carboxylic acids is 4. The van der Waals surface area contributed by atoms with E-state index in [1.807, 2.05) is 28.0 Å². The van der Waals surface area contributed by atoms with Crippen LogP contribution < -0.4 is 0 Å². The van der Waals surface area contributed by atoms with Crippen LogP contribution in [0.5, 0.6) is 0 Å². The highest BCUT2D eigenvalue weighted by Gasteiger charge is 2.17. The molecule has 5 heterocycles. The van der Waals surface area contributed by atoms with E-state index in [4.69, 9.17) is 4.98 Å². The lowest BCUT2D eigenvalue weighted by atomic mass is 10.2. The minimum Gasteiger partial charge on any atom is -0.477 e. The van der Waals surface area contributed by atoms with Crippen molar-refractivity contribution < 1.29 is 39.6 Å². The lowest BCUT2D eigenvalue weighted by Gasteiger charge is -2.23. The molecule has 0 atom stereocenters. The molecule has 0 aromatic carbocycles. The Morgan fingerprint density at radius 2 is 0.560 bits per heavy atom. The summed E-state index contributed by atoms with van der Waals surface area (Å²) in [6, 6.07) is 24.2. The average molecular weight is 678 g/mol. The first-order chi connectivity index (χ1) is 24.0. The molecule has 254 valence electrons. The van der Waals surface area contributed by atoms with Crippen LogP contribution >= 0.6 is 0 Å². The first-order valence-corrected chi connectivity index (χ1v) is 15.2. The predicted molar refractivity (Wildman–Crippen MR) is 175 cm³/mol. The van der Waals surface area contributed by atoms with Crippen LogP contribution in [0.3, 0.4) is 0 Å². The van der Waals surface area contributed by atoms with Gasteiger partial charge in [-0.3, -0.25) is 14.8 Å². The van der Waals surface area contributed by atoms with Crippen molar-refractivity contribution in [2.24, 2.45) is 0 Å². The second kappa shape index (κ2) is 16.1. The molecule has 15 nitrogen and oxygen atoms in total. The quantitative estimate of drug-likeness (QED) is 0.116. The van der Waals surface area contributed by atoms with E-state index >= 15 is 0 Å². The van der Waals surface area contributed by atoms with Crippen LogP contribution in [0.2, 0.25) is 0 Å². The van der Waals surface area contributed by atoms with Gasteiger partial charge in [0, 0.05) is 39.3 Å². The molecule has 0 spiro atoms. The molecule has 0 aliphatic carbocycles. The largest absolute Gasteiger partial charge is 0.477 e. The van der Waals surface area contributed by atoms with Gasteiger partial charge in [0.2, 0.25) is 0 Å². The molecular weight excluding hydrogens is 646 g/mol. The fourth-order valence-corrected chi connectivity index (χ4v) is 5.16. The summed E-state index contributed by atoms with van der Waals surface area (Å²) in [5.74, 6) is -4.66. The number of hydrogen-bond acceptors (Lipinski definition) is 11. The zero-order valence-electron chi connectivity index (χ0n) is 26.5. The number of aromatic nitrogens is 5. The Balaban J connectivity index is 1.41. The molecule has 0 bridgehead atoms. The number of carboxylic acid groups (broad SMARTS) is 4. The van der Waals surface area contributed by atoms with Crippen LogP contribution in [0.4, 0.5) is 0 Å². The molecule has 5 aromatic rings. The zero-order chi connectivity index (χ0) is 35.6. The van der Waals surface area contributed by atoms with E-state index in [1.54, 1.807) is 48.5 Å². The molecule has 5 rings (SSSR count). The SMILES string of the molecule is O=C(O)c1cccc(CN(Cc2cccc(CN(Cc3cccc(C(=O)O)n3)Cc3cccc(C(=O)O)n3)n2)Cc2cccc(C(=O)O)n2)n1. The fraction of sp³-hybridized carbons (Fsp3) is 0.171. The van der Waals surface area contributed by atoms with E-state index in [9.17, 15) is 39.6 Å². The first kappa shape index (κ1) is 34.9. The Bertz CT molecular complexity index is 1780. The second-order valence-electron chi connectivity index (χ2n) is 11.2. The summed E-state index contributed by atoms with van der Waals surface area (Å²) in [5.41, 5.74) is 2.76. The summed E-state index contributed by atoms with van der Waals surface area (Å²) < 4.78 is 0. The van der Waals surface area contributed by atoms with E-state index in [0.717, 1.165) is 0 Å². The van der Waals surface area contributed by atoms with Crippen LogP contribution in [0.25, 0.3) is 0 Å². The van der Waals surface area contributed by atoms with Crippen molar-refractivity contribution in [3.63, 3.8) is 0 Å². The van der Waals surface area contributed by atoms with Gasteiger partial charge in [-0.15, -0.1) is 0 Å². The highest BCUT2D eigenvalue weighted by molar-refractivity contribution is 5.86. The van der Waals surface area contributed by atoms with Crippen molar-refractivity contribution in [3.8, 4) is 0 Å². The molecule has 0 unspecified atom stereocenters. The molecule has 0 radical (unpaired) electrons. The van der Waals surface area contributed by atoms with Crippen LogP contribution in [-0.2, 0) is 39.3 Å². The van der Waals surface area contributed by atoms with Crippen LogP contribution in [0, 0.1) is 0 Å². The normalized spacial score (nSPS) is 11.1. The highest BCUT2D eigenvalue weighted by Crippen LogP contribution is 2.16. The maximum absolute atomic E-state index is 11.6. The molecule has 4 N–H and O–H groups in total. The Morgan fingerprint density at radius 3 is 0.780 bits per heavy atom. The van der Waals surface area contributed by atoms with Gasteiger partial charge >= 0.3 is 23.9 Å². The lowest BCUT2D eigenvalue weighted by Crippen LogP contribution is -2.26. The minimum absolute atomic E-state index is 0.111. The van der Waals surface area contributed by atoms with Gasteiger partial charge in [-0.1, -0.05) is 30.3 Å². The van der Waals surface area contributed by atoms with E-state index in [1.165, 1.54) is 24.3 Å². The fourth-order valence-electron chi connectivity index (χ4n) is 5.16. The van der Waals surface area contributed by atoms with E-state index < -0.39 is 23.9 Å². The maximum Gasteiger partial charge on any atom is 0.354 e. The van der Waals surface area contributed by atoms with Crippen molar-refractivity contribution in [2.45, 2.75) is 39.3 Å². The summed E-state index contributed by atoms with van der Waals surface area (Å²) in [4.78, 5) is 71.9. The Morgan fingerprint density at radius 1 is 0.360 bits per heavy atom. The molecule has 0 aliphatic rings. The van der Waals surface area contributed by atoms with Crippen molar-refractivity contribution in [2.75, 3.05) is 0 Å². The molecule has 0 aliphatic heterocycles. The molecule has 0 saturated heterocycles. The smallest absolute Gasteiger partial charge is 0.354 e. The summed E-state index contributed by atoms with van der Waals surface area (Å²) >= 11 is 0. The lowest BCUT2D eigenvalue weighted by molar-refractivity contribution is 0.0679. The summed E-state index contributed by atoms with van der Waals surface area (Å²) in [6.07, 6.45) is 0. The summed E-state index contributed by atoms with van der Waals surface area (Å²) in [6.45, 7) is 1.33. The molecule has 50 heavy (non-hydrogen) atoms. The van der Waals surface area contributed by atoms with Crippen molar-refractivity contribution in [1.29, 1.82) is 0 Å². The second-order valence-corrected chi connectivity index (χ2v) is 11.2. The van der Waals surface area contributed by atoms with Gasteiger partial charge in [-0.05, 0) is 60.7 Å². The Hall–Kier alpha value is -6.45. The van der Waals surface area contributed by atoms with Gasteiger partial charge in [-0.2, -0.15) is 0 Å². The van der Waals surface area contributed by atoms with Crippen molar-refractivity contribution in [3.05, 3.63) is 148 Å². The molecule has 15 heteroatoms. The maximum atomic E-state index is 11.6. The third-order valence-electron chi connectivity index (χ3n) is 7.28. The first-order valence-electron chi connectivity index (χ1n) is 15.2. The molecule has 5 aromatic heterocycles. The Kier molecular flexibility index (Phi) is 11.2. The number of carbonyl (C=O) groups is 4. The topological polar surface area (TPSA) is 220 Å². The van der Waals surface area contributed by atoms with Crippen molar-refractivity contribution in [1.82, 2.24) is 34.7 Å². The summed E-state index contributed by atoms with van der Waals surface area (Å²) in [7, 11) is 0. The van der Waals surface area contributed by atoms with Gasteiger partial charge in [0.1, 0.15) is 22.8 Å². The number of carboxylic acids is 4. The number of hydrogen-bond donors (Lipinski definition) is 4. The van der Waals surface area contributed by atoms with E-state index in [2.05, 4.69) is 19.9 Å². The number of rotatable bonds is 16. The van der Waals surface area contributed by atoms with Crippen LogP contribution in [0.15, 0.2) is 91.0 Å². The highest BCUT2D eigenvalue weighted by atomic mass is 16.4. The number of pyridine rings is 5. The van der Waals surface area contributed by atoms with Gasteiger partial charge in [0.25, 0.3) is 0 Å². The van der Waals surface area contributed by atoms with Gasteiger partial charge in [0.05, 0.1) is 34.2 Å². The van der Waals surface area contributed by atoms with E-state index in [0.29, 0.717) is 34.2 Å². The molecule has 0 saturated carbocycles. The molecule has 0 fully saturated rings.